The van der Waals surface area contributed by atoms with Crippen LogP contribution < -0.4 is 10.1 Å². The maximum atomic E-state index is 12.8. The van der Waals surface area contributed by atoms with E-state index in [9.17, 15) is 4.79 Å². The Morgan fingerprint density at radius 3 is 2.81 bits per heavy atom. The zero-order chi connectivity index (χ0) is 18.8. The van der Waals surface area contributed by atoms with Crippen molar-refractivity contribution in [2.75, 3.05) is 45.8 Å². The fourth-order valence-electron chi connectivity index (χ4n) is 3.67. The molecule has 1 saturated heterocycles. The molecule has 1 aliphatic carbocycles. The summed E-state index contributed by atoms with van der Waals surface area (Å²) < 4.78 is 11.0. The first-order valence-electron chi connectivity index (χ1n) is 9.14. The first-order valence-corrected chi connectivity index (χ1v) is 9.14. The molecule has 27 heavy (non-hydrogen) atoms. The Balaban J connectivity index is 1.72. The first kappa shape index (κ1) is 17.5. The number of benzene rings is 1. The Hall–Kier alpha value is -2.86. The van der Waals surface area contributed by atoms with Gasteiger partial charge in [0.25, 0.3) is 5.91 Å². The van der Waals surface area contributed by atoms with Crippen LogP contribution in [-0.4, -0.2) is 56.3 Å². The van der Waals surface area contributed by atoms with Crippen LogP contribution in [0.15, 0.2) is 30.5 Å². The van der Waals surface area contributed by atoms with Crippen molar-refractivity contribution in [2.45, 2.75) is 6.42 Å². The lowest BCUT2D eigenvalue weighted by molar-refractivity contribution is 0.0302. The molecule has 1 aliphatic heterocycles. The normalized spacial score (nSPS) is 15.6. The van der Waals surface area contributed by atoms with Crippen molar-refractivity contribution >= 4 is 17.7 Å². The minimum Gasteiger partial charge on any atom is -0.496 e. The minimum atomic E-state index is 0.00648. The number of pyridine rings is 1. The number of methoxy groups -OCH3 is 1. The third-order valence-corrected chi connectivity index (χ3v) is 5.08. The fraction of sp³-hybridized carbons (Fsp3) is 0.333. The van der Waals surface area contributed by atoms with Crippen molar-refractivity contribution in [3.63, 3.8) is 0 Å². The molecule has 0 saturated carbocycles. The van der Waals surface area contributed by atoms with Crippen molar-refractivity contribution in [1.29, 1.82) is 0 Å². The van der Waals surface area contributed by atoms with Gasteiger partial charge in [0.1, 0.15) is 5.75 Å². The number of carbonyl (C=O) groups is 1. The van der Waals surface area contributed by atoms with Gasteiger partial charge < -0.3 is 19.7 Å². The minimum absolute atomic E-state index is 0.00648. The summed E-state index contributed by atoms with van der Waals surface area (Å²) in [5, 5.41) is 3.30. The number of anilines is 1. The van der Waals surface area contributed by atoms with Gasteiger partial charge in [-0.1, -0.05) is 12.2 Å². The molecule has 0 bridgehead atoms. The van der Waals surface area contributed by atoms with E-state index in [-0.39, 0.29) is 5.91 Å². The molecule has 2 aliphatic rings. The highest BCUT2D eigenvalue weighted by molar-refractivity contribution is 5.96. The SMILES string of the molecule is CNc1c(-c2ccc(C(=O)N3CCOCC3)cc2OC)cnc2c1C=CC2. The van der Waals surface area contributed by atoms with Crippen molar-refractivity contribution in [3.05, 3.63) is 47.3 Å². The molecular weight excluding hydrogens is 342 g/mol. The van der Waals surface area contributed by atoms with Gasteiger partial charge in [-0.2, -0.15) is 0 Å². The summed E-state index contributed by atoms with van der Waals surface area (Å²) in [5.74, 6) is 0.668. The van der Waals surface area contributed by atoms with E-state index in [0.29, 0.717) is 37.6 Å². The van der Waals surface area contributed by atoms with Gasteiger partial charge in [-0.05, 0) is 18.2 Å². The Labute approximate surface area is 158 Å². The van der Waals surface area contributed by atoms with Crippen LogP contribution >= 0.6 is 0 Å². The molecule has 140 valence electrons. The third-order valence-electron chi connectivity index (χ3n) is 5.08. The predicted octanol–water partition coefficient (Wildman–Crippen LogP) is 2.84. The summed E-state index contributed by atoms with van der Waals surface area (Å²) in [6.07, 6.45) is 6.94. The third kappa shape index (κ3) is 3.17. The molecule has 2 heterocycles. The number of allylic oxidation sites excluding steroid dienone is 1. The van der Waals surface area contributed by atoms with E-state index >= 15 is 0 Å². The number of nitrogens with one attached hydrogen (secondary N) is 1. The van der Waals surface area contributed by atoms with Crippen LogP contribution in [0.1, 0.15) is 21.6 Å². The maximum Gasteiger partial charge on any atom is 0.254 e. The molecule has 1 aromatic carbocycles. The number of hydrogen-bond donors (Lipinski definition) is 1. The number of morpholine rings is 1. The molecule has 0 atom stereocenters. The van der Waals surface area contributed by atoms with Gasteiger partial charge in [0.2, 0.25) is 0 Å². The van der Waals surface area contributed by atoms with Crippen molar-refractivity contribution in [2.24, 2.45) is 0 Å². The molecule has 4 rings (SSSR count). The topological polar surface area (TPSA) is 63.7 Å². The van der Waals surface area contributed by atoms with Crippen LogP contribution in [-0.2, 0) is 11.2 Å². The average molecular weight is 365 g/mol. The number of hydrogen-bond acceptors (Lipinski definition) is 5. The number of carbonyl (C=O) groups excluding carboxylic acids is 1. The van der Waals surface area contributed by atoms with E-state index in [4.69, 9.17) is 9.47 Å². The highest BCUT2D eigenvalue weighted by Gasteiger charge is 2.22. The summed E-state index contributed by atoms with van der Waals surface area (Å²) in [6, 6.07) is 5.61. The van der Waals surface area contributed by atoms with Gasteiger partial charge in [-0.3, -0.25) is 9.78 Å². The molecule has 1 N–H and O–H groups in total. The van der Waals surface area contributed by atoms with E-state index in [0.717, 1.165) is 34.5 Å². The second kappa shape index (κ2) is 7.40. The Bertz CT molecular complexity index is 902. The van der Waals surface area contributed by atoms with Gasteiger partial charge in [0.05, 0.1) is 31.7 Å². The van der Waals surface area contributed by atoms with Crippen LogP contribution in [0.2, 0.25) is 0 Å². The highest BCUT2D eigenvalue weighted by Crippen LogP contribution is 2.39. The fourth-order valence-corrected chi connectivity index (χ4v) is 3.67. The molecule has 1 aromatic heterocycles. The lowest BCUT2D eigenvalue weighted by atomic mass is 9.99. The monoisotopic (exact) mass is 365 g/mol. The van der Waals surface area contributed by atoms with Crippen molar-refractivity contribution in [1.82, 2.24) is 9.88 Å². The standard InChI is InChI=1S/C21H23N3O3/c1-22-20-16-4-3-5-18(16)23-13-17(20)15-7-6-14(12-19(15)26-2)21(25)24-8-10-27-11-9-24/h3-4,6-7,12-13H,5,8-11H2,1-2H3,(H,22,23). The van der Waals surface area contributed by atoms with Crippen molar-refractivity contribution in [3.8, 4) is 16.9 Å². The smallest absolute Gasteiger partial charge is 0.254 e. The molecule has 6 heteroatoms. The van der Waals surface area contributed by atoms with E-state index in [1.54, 1.807) is 7.11 Å². The van der Waals surface area contributed by atoms with E-state index < -0.39 is 0 Å². The summed E-state index contributed by atoms with van der Waals surface area (Å²) in [7, 11) is 3.54. The molecular formula is C21H23N3O3. The van der Waals surface area contributed by atoms with Crippen LogP contribution in [0.3, 0.4) is 0 Å². The quantitative estimate of drug-likeness (QED) is 0.903. The van der Waals surface area contributed by atoms with Gasteiger partial charge in [-0.25, -0.2) is 0 Å². The van der Waals surface area contributed by atoms with Gasteiger partial charge in [0.15, 0.2) is 0 Å². The number of nitrogens with zero attached hydrogens (tertiary/aromatic N) is 2. The lowest BCUT2D eigenvalue weighted by Crippen LogP contribution is -2.40. The molecule has 6 nitrogen and oxygen atoms in total. The molecule has 1 amide bonds. The van der Waals surface area contributed by atoms with E-state index in [1.807, 2.05) is 36.3 Å². The Morgan fingerprint density at radius 1 is 1.26 bits per heavy atom. The zero-order valence-electron chi connectivity index (χ0n) is 15.6. The second-order valence-corrected chi connectivity index (χ2v) is 6.58. The Kier molecular flexibility index (Phi) is 4.81. The number of amides is 1. The number of ether oxygens (including phenoxy) is 2. The predicted molar refractivity (Wildman–Crippen MR) is 105 cm³/mol. The van der Waals surface area contributed by atoms with Crippen LogP contribution in [0.4, 0.5) is 5.69 Å². The largest absolute Gasteiger partial charge is 0.496 e. The van der Waals surface area contributed by atoms with Crippen molar-refractivity contribution < 1.29 is 14.3 Å². The number of fused-ring (bicyclic) bond motifs is 1. The molecule has 2 aromatic rings. The van der Waals surface area contributed by atoms with E-state index in [2.05, 4.69) is 22.5 Å². The maximum absolute atomic E-state index is 12.8. The first-order chi connectivity index (χ1) is 13.2. The molecule has 0 unspecified atom stereocenters. The summed E-state index contributed by atoms with van der Waals surface area (Å²) in [5.41, 5.74) is 5.71. The van der Waals surface area contributed by atoms with E-state index in [1.165, 1.54) is 0 Å². The lowest BCUT2D eigenvalue weighted by Gasteiger charge is -2.27. The molecule has 1 fully saturated rings. The van der Waals surface area contributed by atoms with Gasteiger partial charge in [0, 0.05) is 55.0 Å². The average Bonchev–Trinajstić information content (AvgIpc) is 3.21. The number of aromatic nitrogens is 1. The van der Waals surface area contributed by atoms with Crippen LogP contribution in [0.5, 0.6) is 5.75 Å². The zero-order valence-corrected chi connectivity index (χ0v) is 15.6. The Morgan fingerprint density at radius 2 is 2.07 bits per heavy atom. The summed E-state index contributed by atoms with van der Waals surface area (Å²) in [4.78, 5) is 19.2. The summed E-state index contributed by atoms with van der Waals surface area (Å²) in [6.45, 7) is 2.41. The molecule has 0 radical (unpaired) electrons. The van der Waals surface area contributed by atoms with Gasteiger partial charge >= 0.3 is 0 Å². The van der Waals surface area contributed by atoms with Gasteiger partial charge in [-0.15, -0.1) is 0 Å². The van der Waals surface area contributed by atoms with Crippen LogP contribution in [0.25, 0.3) is 17.2 Å². The number of rotatable bonds is 4. The second-order valence-electron chi connectivity index (χ2n) is 6.58. The highest BCUT2D eigenvalue weighted by atomic mass is 16.5. The summed E-state index contributed by atoms with van der Waals surface area (Å²) >= 11 is 0. The van der Waals surface area contributed by atoms with Crippen LogP contribution in [0, 0.1) is 0 Å². The molecule has 0 spiro atoms.